The maximum Gasteiger partial charge on any atom is 0.417 e. The van der Waals surface area contributed by atoms with Crippen LogP contribution in [0.4, 0.5) is 13.2 Å². The molecule has 2 aliphatic rings. The second-order valence-electron chi connectivity index (χ2n) is 8.26. The van der Waals surface area contributed by atoms with Crippen LogP contribution >= 0.6 is 0 Å². The second kappa shape index (κ2) is 7.00. The van der Waals surface area contributed by atoms with Crippen LogP contribution in [0.1, 0.15) is 30.9 Å². The quantitative estimate of drug-likeness (QED) is 0.600. The van der Waals surface area contributed by atoms with Crippen molar-refractivity contribution in [2.45, 2.75) is 36.4 Å². The lowest BCUT2D eigenvalue weighted by molar-refractivity contribution is -0.137. The highest BCUT2D eigenvalue weighted by Crippen LogP contribution is 2.39. The third-order valence-electron chi connectivity index (χ3n) is 5.71. The van der Waals surface area contributed by atoms with Gasteiger partial charge in [-0.15, -0.1) is 0 Å². The molecule has 3 heterocycles. The van der Waals surface area contributed by atoms with E-state index in [1.807, 2.05) is 13.0 Å². The number of nitrogens with zero attached hydrogens (tertiary/aromatic N) is 4. The summed E-state index contributed by atoms with van der Waals surface area (Å²) in [7, 11) is -3.78. The normalized spacial score (nSPS) is 16.9. The van der Waals surface area contributed by atoms with Crippen LogP contribution in [0.5, 0.6) is 0 Å². The number of nitrogens with one attached hydrogen (secondary N) is 1. The summed E-state index contributed by atoms with van der Waals surface area (Å²) in [5.41, 5.74) is -0.198. The Morgan fingerprint density at radius 3 is 2.45 bits per heavy atom. The Morgan fingerprint density at radius 2 is 1.94 bits per heavy atom. The SMILES string of the molecule is CC1(NS(=O)(=O)c2ccc(-c3c(C#N)c4cc(C(F)(F)F)cnc4n3C3=CC=C3)nc2)CC1. The van der Waals surface area contributed by atoms with Crippen molar-refractivity contribution < 1.29 is 21.6 Å². The second-order valence-corrected chi connectivity index (χ2v) is 9.94. The molecule has 11 heteroatoms. The first kappa shape index (κ1) is 21.4. The average molecular weight is 471 g/mol. The van der Waals surface area contributed by atoms with Gasteiger partial charge >= 0.3 is 6.18 Å². The van der Waals surface area contributed by atoms with Gasteiger partial charge in [0, 0.05) is 29.0 Å². The van der Waals surface area contributed by atoms with E-state index in [9.17, 15) is 26.9 Å². The van der Waals surface area contributed by atoms with E-state index in [1.54, 1.807) is 22.8 Å². The van der Waals surface area contributed by atoms with Gasteiger partial charge in [-0.3, -0.25) is 9.55 Å². The average Bonchev–Trinajstić information content (AvgIpc) is 3.34. The summed E-state index contributed by atoms with van der Waals surface area (Å²) in [6.07, 6.45) is 3.97. The number of allylic oxidation sites excluding steroid dienone is 4. The molecular weight excluding hydrogens is 455 g/mol. The summed E-state index contributed by atoms with van der Waals surface area (Å²) in [5, 5.41) is 9.86. The smallest absolute Gasteiger partial charge is 0.291 e. The van der Waals surface area contributed by atoms with Gasteiger partial charge in [-0.2, -0.15) is 18.4 Å². The number of halogens is 3. The van der Waals surface area contributed by atoms with Crippen molar-refractivity contribution in [2.24, 2.45) is 0 Å². The highest BCUT2D eigenvalue weighted by molar-refractivity contribution is 7.89. The van der Waals surface area contributed by atoms with Crippen molar-refractivity contribution in [1.29, 1.82) is 5.26 Å². The molecule has 2 aliphatic carbocycles. The zero-order valence-electron chi connectivity index (χ0n) is 17.2. The molecule has 1 saturated carbocycles. The molecule has 5 rings (SSSR count). The predicted molar refractivity (Wildman–Crippen MR) is 114 cm³/mol. The van der Waals surface area contributed by atoms with E-state index >= 15 is 0 Å². The molecule has 3 aromatic rings. The van der Waals surface area contributed by atoms with E-state index in [4.69, 9.17) is 0 Å². The number of sulfonamides is 1. The highest BCUT2D eigenvalue weighted by atomic mass is 32.2. The molecule has 0 radical (unpaired) electrons. The van der Waals surface area contributed by atoms with Gasteiger partial charge in [0.25, 0.3) is 0 Å². The molecule has 0 saturated heterocycles. The van der Waals surface area contributed by atoms with Gasteiger partial charge in [0.1, 0.15) is 16.6 Å². The fourth-order valence-corrected chi connectivity index (χ4v) is 5.02. The molecule has 0 spiro atoms. The third kappa shape index (κ3) is 3.61. The van der Waals surface area contributed by atoms with Gasteiger partial charge in [0.2, 0.25) is 10.0 Å². The van der Waals surface area contributed by atoms with Gasteiger partial charge in [-0.1, -0.05) is 6.08 Å². The van der Waals surface area contributed by atoms with E-state index in [2.05, 4.69) is 14.7 Å². The van der Waals surface area contributed by atoms with E-state index < -0.39 is 27.3 Å². The Morgan fingerprint density at radius 1 is 1.21 bits per heavy atom. The first-order valence-corrected chi connectivity index (χ1v) is 11.4. The van der Waals surface area contributed by atoms with Gasteiger partial charge in [0.15, 0.2) is 0 Å². The van der Waals surface area contributed by atoms with Crippen LogP contribution in [0.25, 0.3) is 28.1 Å². The Hall–Kier alpha value is -3.49. The molecule has 1 fully saturated rings. The largest absolute Gasteiger partial charge is 0.417 e. The fraction of sp³-hybridized carbons (Fsp3) is 0.227. The Balaban J connectivity index is 1.67. The lowest BCUT2D eigenvalue weighted by atomic mass is 10.1. The molecule has 0 amide bonds. The third-order valence-corrected chi connectivity index (χ3v) is 7.33. The lowest BCUT2D eigenvalue weighted by Gasteiger charge is -2.15. The van der Waals surface area contributed by atoms with Crippen LogP contribution in [-0.2, 0) is 16.2 Å². The first-order valence-electron chi connectivity index (χ1n) is 9.93. The van der Waals surface area contributed by atoms with Gasteiger partial charge < -0.3 is 0 Å². The monoisotopic (exact) mass is 471 g/mol. The molecule has 33 heavy (non-hydrogen) atoms. The summed E-state index contributed by atoms with van der Waals surface area (Å²) in [6.45, 7) is 1.81. The molecule has 3 aromatic heterocycles. The molecule has 0 atom stereocenters. The van der Waals surface area contributed by atoms with Gasteiger partial charge in [-0.25, -0.2) is 18.1 Å². The van der Waals surface area contributed by atoms with Crippen LogP contribution in [-0.4, -0.2) is 28.5 Å². The van der Waals surface area contributed by atoms with E-state index in [-0.39, 0.29) is 32.9 Å². The summed E-state index contributed by atoms with van der Waals surface area (Å²) < 4.78 is 69.2. The summed E-state index contributed by atoms with van der Waals surface area (Å²) in [5.74, 6) is 0. The minimum Gasteiger partial charge on any atom is -0.291 e. The molecule has 0 unspecified atom stereocenters. The van der Waals surface area contributed by atoms with Crippen molar-refractivity contribution >= 4 is 26.8 Å². The summed E-state index contributed by atoms with van der Waals surface area (Å²) in [4.78, 5) is 8.20. The van der Waals surface area contributed by atoms with Crippen molar-refractivity contribution in [3.8, 4) is 17.5 Å². The Bertz CT molecular complexity index is 1510. The highest BCUT2D eigenvalue weighted by Gasteiger charge is 2.41. The molecule has 0 aromatic carbocycles. The fourth-order valence-electron chi connectivity index (χ4n) is 3.61. The van der Waals surface area contributed by atoms with Crippen molar-refractivity contribution in [2.75, 3.05) is 0 Å². The van der Waals surface area contributed by atoms with Crippen molar-refractivity contribution in [3.63, 3.8) is 0 Å². The topological polar surface area (TPSA) is 101 Å². The maximum absolute atomic E-state index is 13.3. The first-order chi connectivity index (χ1) is 15.5. The van der Waals surface area contributed by atoms with E-state index in [1.165, 1.54) is 18.3 Å². The number of nitriles is 1. The molecule has 1 N–H and O–H groups in total. The Kier molecular flexibility index (Phi) is 4.53. The molecule has 0 aliphatic heterocycles. The molecule has 7 nitrogen and oxygen atoms in total. The number of fused-ring (bicyclic) bond motifs is 1. The van der Waals surface area contributed by atoms with Crippen LogP contribution in [0, 0.1) is 11.3 Å². The van der Waals surface area contributed by atoms with Crippen LogP contribution in [0.2, 0.25) is 0 Å². The number of hydrogen-bond donors (Lipinski definition) is 1. The van der Waals surface area contributed by atoms with Crippen molar-refractivity contribution in [1.82, 2.24) is 19.3 Å². The standard InChI is InChI=1S/C22H16F3N5O2S/c1-21(7-8-21)29-33(31,32)15-5-6-18(27-12-15)19-17(10-26)16-9-13(22(23,24)25)11-28-20(16)30(19)14-3-2-4-14/h2-6,9,11-12,29H,7-8H2,1H3. The van der Waals surface area contributed by atoms with Crippen LogP contribution in [0.15, 0.2) is 53.7 Å². The number of alkyl halides is 3. The van der Waals surface area contributed by atoms with Crippen LogP contribution < -0.4 is 4.72 Å². The summed E-state index contributed by atoms with van der Waals surface area (Å²) >= 11 is 0. The molecule has 168 valence electrons. The number of pyridine rings is 2. The molecular formula is C22H16F3N5O2S. The zero-order chi connectivity index (χ0) is 23.6. The maximum atomic E-state index is 13.3. The summed E-state index contributed by atoms with van der Waals surface area (Å²) in [6, 6.07) is 5.66. The van der Waals surface area contributed by atoms with Crippen molar-refractivity contribution in [3.05, 3.63) is 59.9 Å². The van der Waals surface area contributed by atoms with Gasteiger partial charge in [-0.05, 0) is 50.1 Å². The molecule has 0 bridgehead atoms. The number of rotatable bonds is 5. The Labute approximate surface area is 186 Å². The van der Waals surface area contributed by atoms with Crippen LogP contribution in [0.3, 0.4) is 0 Å². The van der Waals surface area contributed by atoms with Gasteiger partial charge in [0.05, 0.1) is 22.5 Å². The minimum atomic E-state index is -4.62. The van der Waals surface area contributed by atoms with E-state index in [0.717, 1.165) is 25.1 Å². The predicted octanol–water partition coefficient (Wildman–Crippen LogP) is 4.23. The lowest BCUT2D eigenvalue weighted by Crippen LogP contribution is -2.34. The number of aromatic nitrogens is 3. The minimum absolute atomic E-state index is 0.0310. The number of hydrogen-bond acceptors (Lipinski definition) is 5. The zero-order valence-corrected chi connectivity index (χ0v) is 18.0. The van der Waals surface area contributed by atoms with E-state index in [0.29, 0.717) is 5.70 Å².